The number of furan rings is 1. The summed E-state index contributed by atoms with van der Waals surface area (Å²) in [5.74, 6) is 7.45. The molecule has 27 heavy (non-hydrogen) atoms. The number of fused-ring (bicyclic) bond motifs is 1. The van der Waals surface area contributed by atoms with Gasteiger partial charge in [0.2, 0.25) is 11.1 Å². The molecule has 0 fully saturated rings. The summed E-state index contributed by atoms with van der Waals surface area (Å²) in [7, 11) is 0. The monoisotopic (exact) mass is 383 g/mol. The maximum absolute atomic E-state index is 13.1. The standard InChI is InChI=1S/C19H21N5O2S/c1-11-10-14-6-4-5-7-16(14)23(11)18(25)13(3)27-19-22-21-17(24(19)20)15-8-9-26-12(15)2/h4-9,11,13H,10,20H2,1-3H3. The van der Waals surface area contributed by atoms with Crippen LogP contribution in [-0.4, -0.2) is 32.1 Å². The summed E-state index contributed by atoms with van der Waals surface area (Å²) in [4.78, 5) is 15.0. The van der Waals surface area contributed by atoms with Crippen molar-refractivity contribution < 1.29 is 9.21 Å². The first-order chi connectivity index (χ1) is 13.0. The highest BCUT2D eigenvalue weighted by Gasteiger charge is 2.34. The summed E-state index contributed by atoms with van der Waals surface area (Å²) in [5, 5.41) is 8.47. The van der Waals surface area contributed by atoms with Crippen molar-refractivity contribution in [3.8, 4) is 11.4 Å². The van der Waals surface area contributed by atoms with Gasteiger partial charge in [-0.3, -0.25) is 4.79 Å². The third kappa shape index (κ3) is 2.99. The number of nitrogens with two attached hydrogens (primary N) is 1. The van der Waals surface area contributed by atoms with Crippen molar-refractivity contribution in [1.82, 2.24) is 14.9 Å². The van der Waals surface area contributed by atoms with Gasteiger partial charge in [0.15, 0.2) is 5.82 Å². The first kappa shape index (κ1) is 17.7. The molecule has 3 heterocycles. The lowest BCUT2D eigenvalue weighted by Gasteiger charge is -2.25. The van der Waals surface area contributed by atoms with Gasteiger partial charge in [-0.15, -0.1) is 10.2 Å². The molecule has 2 unspecified atom stereocenters. The van der Waals surface area contributed by atoms with Crippen molar-refractivity contribution in [2.75, 3.05) is 10.7 Å². The number of benzene rings is 1. The predicted octanol–water partition coefficient (Wildman–Crippen LogP) is 3.02. The zero-order valence-corrected chi connectivity index (χ0v) is 16.2. The normalized spacial score (nSPS) is 17.1. The molecular weight excluding hydrogens is 362 g/mol. The maximum Gasteiger partial charge on any atom is 0.240 e. The Morgan fingerprint density at radius 3 is 2.85 bits per heavy atom. The van der Waals surface area contributed by atoms with Gasteiger partial charge in [0, 0.05) is 11.7 Å². The molecule has 2 aromatic heterocycles. The summed E-state index contributed by atoms with van der Waals surface area (Å²) in [6.07, 6.45) is 2.46. The van der Waals surface area contributed by atoms with E-state index in [0.717, 1.165) is 23.4 Å². The molecule has 1 amide bonds. The van der Waals surface area contributed by atoms with Crippen LogP contribution in [0.1, 0.15) is 25.2 Å². The number of carbonyl (C=O) groups excluding carboxylic acids is 1. The Kier molecular flexibility index (Phi) is 4.43. The van der Waals surface area contributed by atoms with E-state index >= 15 is 0 Å². The molecular formula is C19H21N5O2S. The van der Waals surface area contributed by atoms with Gasteiger partial charge in [-0.05, 0) is 44.9 Å². The third-order valence-corrected chi connectivity index (χ3v) is 5.88. The maximum atomic E-state index is 13.1. The van der Waals surface area contributed by atoms with E-state index in [4.69, 9.17) is 10.3 Å². The highest BCUT2D eigenvalue weighted by Crippen LogP contribution is 2.35. The minimum Gasteiger partial charge on any atom is -0.469 e. The minimum atomic E-state index is -0.344. The molecule has 1 aliphatic heterocycles. The SMILES string of the molecule is Cc1occc1-c1nnc(SC(C)C(=O)N2c3ccccc3CC2C)n1N. The second-order valence-corrected chi connectivity index (χ2v) is 8.02. The van der Waals surface area contributed by atoms with Crippen LogP contribution in [0.2, 0.25) is 0 Å². The van der Waals surface area contributed by atoms with Crippen LogP contribution in [0, 0.1) is 6.92 Å². The molecule has 0 saturated carbocycles. The number of thioether (sulfide) groups is 1. The van der Waals surface area contributed by atoms with Crippen molar-refractivity contribution in [3.63, 3.8) is 0 Å². The van der Waals surface area contributed by atoms with Crippen molar-refractivity contribution >= 4 is 23.4 Å². The summed E-state index contributed by atoms with van der Waals surface area (Å²) in [6.45, 7) is 5.79. The second-order valence-electron chi connectivity index (χ2n) is 6.72. The van der Waals surface area contributed by atoms with Gasteiger partial charge in [0.1, 0.15) is 5.76 Å². The summed E-state index contributed by atoms with van der Waals surface area (Å²) in [5.41, 5.74) is 2.99. The molecule has 4 rings (SSSR count). The van der Waals surface area contributed by atoms with Gasteiger partial charge in [-0.2, -0.15) is 0 Å². The van der Waals surface area contributed by atoms with Gasteiger partial charge in [-0.25, -0.2) is 4.68 Å². The lowest BCUT2D eigenvalue weighted by Crippen LogP contribution is -2.40. The zero-order chi connectivity index (χ0) is 19.1. The van der Waals surface area contributed by atoms with Gasteiger partial charge in [0.05, 0.1) is 17.1 Å². The molecule has 0 aliphatic carbocycles. The van der Waals surface area contributed by atoms with E-state index < -0.39 is 0 Å². The molecule has 3 aromatic rings. The van der Waals surface area contributed by atoms with E-state index in [-0.39, 0.29) is 17.2 Å². The first-order valence-corrected chi connectivity index (χ1v) is 9.68. The summed E-state index contributed by atoms with van der Waals surface area (Å²) in [6, 6.07) is 9.98. The highest BCUT2D eigenvalue weighted by atomic mass is 32.2. The Morgan fingerprint density at radius 1 is 1.33 bits per heavy atom. The smallest absolute Gasteiger partial charge is 0.240 e. The number of para-hydroxylation sites is 1. The molecule has 0 radical (unpaired) electrons. The molecule has 2 N–H and O–H groups in total. The summed E-state index contributed by atoms with van der Waals surface area (Å²) >= 11 is 1.31. The molecule has 8 heteroatoms. The Labute approximate surface area is 161 Å². The van der Waals surface area contributed by atoms with Crippen LogP contribution in [0.4, 0.5) is 5.69 Å². The van der Waals surface area contributed by atoms with Gasteiger partial charge < -0.3 is 15.2 Å². The summed E-state index contributed by atoms with van der Waals surface area (Å²) < 4.78 is 6.72. The fourth-order valence-electron chi connectivity index (χ4n) is 3.46. The largest absolute Gasteiger partial charge is 0.469 e. The fourth-order valence-corrected chi connectivity index (χ4v) is 4.28. The van der Waals surface area contributed by atoms with Gasteiger partial charge in [0.25, 0.3) is 0 Å². The Balaban J connectivity index is 1.55. The minimum absolute atomic E-state index is 0.0430. The lowest BCUT2D eigenvalue weighted by atomic mass is 10.1. The molecule has 140 valence electrons. The number of nitrogen functional groups attached to an aromatic ring is 1. The number of nitrogens with zero attached hydrogens (tertiary/aromatic N) is 4. The third-order valence-electron chi connectivity index (χ3n) is 4.84. The van der Waals surface area contributed by atoms with E-state index in [1.54, 1.807) is 12.3 Å². The molecule has 0 saturated heterocycles. The van der Waals surface area contributed by atoms with E-state index in [2.05, 4.69) is 23.2 Å². The molecule has 1 aliphatic rings. The molecule has 0 spiro atoms. The number of rotatable bonds is 4. The molecule has 0 bridgehead atoms. The Morgan fingerprint density at radius 2 is 2.11 bits per heavy atom. The number of aryl methyl sites for hydroxylation is 1. The Hall–Kier alpha value is -2.74. The topological polar surface area (TPSA) is 90.2 Å². The molecule has 1 aromatic carbocycles. The van der Waals surface area contributed by atoms with E-state index in [1.165, 1.54) is 22.0 Å². The second kappa shape index (κ2) is 6.77. The fraction of sp³-hybridized carbons (Fsp3) is 0.316. The lowest BCUT2D eigenvalue weighted by molar-refractivity contribution is -0.118. The van der Waals surface area contributed by atoms with Crippen LogP contribution >= 0.6 is 11.8 Å². The number of anilines is 1. The van der Waals surface area contributed by atoms with Gasteiger partial charge in [-0.1, -0.05) is 30.0 Å². The van der Waals surface area contributed by atoms with Crippen molar-refractivity contribution in [3.05, 3.63) is 47.9 Å². The van der Waals surface area contributed by atoms with E-state index in [0.29, 0.717) is 11.0 Å². The van der Waals surface area contributed by atoms with E-state index in [9.17, 15) is 4.79 Å². The van der Waals surface area contributed by atoms with Crippen molar-refractivity contribution in [2.45, 2.75) is 43.6 Å². The van der Waals surface area contributed by atoms with Crippen LogP contribution in [0.3, 0.4) is 0 Å². The highest BCUT2D eigenvalue weighted by molar-refractivity contribution is 8.00. The predicted molar refractivity (Wildman–Crippen MR) is 105 cm³/mol. The van der Waals surface area contributed by atoms with Crippen LogP contribution in [-0.2, 0) is 11.2 Å². The van der Waals surface area contributed by atoms with E-state index in [1.807, 2.05) is 36.9 Å². The van der Waals surface area contributed by atoms with Crippen LogP contribution in [0.5, 0.6) is 0 Å². The van der Waals surface area contributed by atoms with Crippen molar-refractivity contribution in [2.24, 2.45) is 0 Å². The number of amides is 1. The van der Waals surface area contributed by atoms with Gasteiger partial charge >= 0.3 is 0 Å². The molecule has 2 atom stereocenters. The number of carbonyl (C=O) groups is 1. The molecule has 7 nitrogen and oxygen atoms in total. The average Bonchev–Trinajstić information content (AvgIpc) is 3.31. The number of hydrogen-bond acceptors (Lipinski definition) is 6. The van der Waals surface area contributed by atoms with Crippen molar-refractivity contribution in [1.29, 1.82) is 0 Å². The van der Waals surface area contributed by atoms with Crippen LogP contribution in [0.25, 0.3) is 11.4 Å². The Bertz CT molecular complexity index is 996. The van der Waals surface area contributed by atoms with Crippen LogP contribution < -0.4 is 10.7 Å². The quantitative estimate of drug-likeness (QED) is 0.550. The number of hydrogen-bond donors (Lipinski definition) is 1. The first-order valence-electron chi connectivity index (χ1n) is 8.80. The average molecular weight is 383 g/mol. The number of aromatic nitrogens is 3. The van der Waals surface area contributed by atoms with Crippen LogP contribution in [0.15, 0.2) is 46.2 Å². The zero-order valence-electron chi connectivity index (χ0n) is 15.4.